The molecule has 2 bridgehead atoms. The van der Waals surface area contributed by atoms with Crippen molar-refractivity contribution < 1.29 is 9.90 Å². The molecular weight excluding hydrogens is 142 g/mol. The highest BCUT2D eigenvalue weighted by Crippen LogP contribution is 2.34. The van der Waals surface area contributed by atoms with Gasteiger partial charge in [-0.3, -0.25) is 4.79 Å². The third-order valence-electron chi connectivity index (χ3n) is 2.89. The second-order valence-corrected chi connectivity index (χ2v) is 3.56. The number of piperidine rings is 1. The summed E-state index contributed by atoms with van der Waals surface area (Å²) in [7, 11) is 0. The van der Waals surface area contributed by atoms with Gasteiger partial charge in [-0.05, 0) is 25.7 Å². The summed E-state index contributed by atoms with van der Waals surface area (Å²) in [4.78, 5) is 12.5. The minimum Gasteiger partial charge on any atom is -0.393 e. The third kappa shape index (κ3) is 1.03. The van der Waals surface area contributed by atoms with E-state index in [1.807, 2.05) is 4.90 Å². The van der Waals surface area contributed by atoms with Crippen LogP contribution in [0.2, 0.25) is 0 Å². The van der Waals surface area contributed by atoms with Crippen LogP contribution in [-0.2, 0) is 4.79 Å². The first-order valence-corrected chi connectivity index (χ1v) is 4.22. The minimum atomic E-state index is -0.163. The normalized spacial score (nSPS) is 42.6. The maximum Gasteiger partial charge on any atom is 0.210 e. The zero-order valence-corrected chi connectivity index (χ0v) is 6.44. The number of aliphatic hydroxyl groups excluding tert-OH is 1. The summed E-state index contributed by atoms with van der Waals surface area (Å²) in [5.74, 6) is 0. The number of hydrogen-bond acceptors (Lipinski definition) is 2. The zero-order chi connectivity index (χ0) is 7.84. The first-order chi connectivity index (χ1) is 5.31. The van der Waals surface area contributed by atoms with E-state index < -0.39 is 0 Å². The first kappa shape index (κ1) is 7.10. The van der Waals surface area contributed by atoms with E-state index in [1.165, 1.54) is 0 Å². The van der Waals surface area contributed by atoms with E-state index in [1.54, 1.807) is 0 Å². The molecular formula is C8H13NO2. The molecule has 2 saturated heterocycles. The van der Waals surface area contributed by atoms with Gasteiger partial charge >= 0.3 is 0 Å². The van der Waals surface area contributed by atoms with Gasteiger partial charge in [0.25, 0.3) is 0 Å². The Morgan fingerprint density at radius 3 is 2.27 bits per heavy atom. The van der Waals surface area contributed by atoms with Crippen molar-refractivity contribution in [2.45, 2.75) is 43.9 Å². The Balaban J connectivity index is 2.12. The van der Waals surface area contributed by atoms with Crippen molar-refractivity contribution in [3.05, 3.63) is 0 Å². The number of carbonyl (C=O) groups excluding carboxylic acids is 1. The Bertz CT molecular complexity index is 157. The highest BCUT2D eigenvalue weighted by molar-refractivity contribution is 5.49. The SMILES string of the molecule is O=CN1C2CCC1CC(O)C2. The average molecular weight is 155 g/mol. The lowest BCUT2D eigenvalue weighted by molar-refractivity contribution is -0.123. The highest BCUT2D eigenvalue weighted by Gasteiger charge is 2.39. The van der Waals surface area contributed by atoms with E-state index in [0.717, 1.165) is 32.1 Å². The quantitative estimate of drug-likeness (QED) is 0.547. The molecule has 0 radical (unpaired) electrons. The first-order valence-electron chi connectivity index (χ1n) is 4.22. The molecule has 2 aliphatic heterocycles. The van der Waals surface area contributed by atoms with Crippen molar-refractivity contribution in [1.29, 1.82) is 0 Å². The second kappa shape index (κ2) is 2.48. The Labute approximate surface area is 66.0 Å². The summed E-state index contributed by atoms with van der Waals surface area (Å²) < 4.78 is 0. The predicted molar refractivity (Wildman–Crippen MR) is 40.0 cm³/mol. The number of carbonyl (C=O) groups is 1. The standard InChI is InChI=1S/C8H13NO2/c10-5-9-6-1-2-7(9)4-8(11)3-6/h5-8,11H,1-4H2. The molecule has 0 spiro atoms. The van der Waals surface area contributed by atoms with Crippen LogP contribution in [0.4, 0.5) is 0 Å². The van der Waals surface area contributed by atoms with Crippen LogP contribution in [0.5, 0.6) is 0 Å². The van der Waals surface area contributed by atoms with Crippen molar-refractivity contribution in [2.24, 2.45) is 0 Å². The monoisotopic (exact) mass is 155 g/mol. The van der Waals surface area contributed by atoms with E-state index >= 15 is 0 Å². The Kier molecular flexibility index (Phi) is 1.60. The van der Waals surface area contributed by atoms with Crippen LogP contribution < -0.4 is 0 Å². The highest BCUT2D eigenvalue weighted by atomic mass is 16.3. The van der Waals surface area contributed by atoms with Gasteiger partial charge in [0.15, 0.2) is 0 Å². The van der Waals surface area contributed by atoms with Gasteiger partial charge in [0.1, 0.15) is 0 Å². The summed E-state index contributed by atoms with van der Waals surface area (Å²) in [6, 6.07) is 0.669. The summed E-state index contributed by atoms with van der Waals surface area (Å²) >= 11 is 0. The van der Waals surface area contributed by atoms with Crippen LogP contribution >= 0.6 is 0 Å². The number of nitrogens with zero attached hydrogens (tertiary/aromatic N) is 1. The van der Waals surface area contributed by atoms with Gasteiger partial charge < -0.3 is 10.0 Å². The molecule has 0 saturated carbocycles. The topological polar surface area (TPSA) is 40.5 Å². The molecule has 2 atom stereocenters. The van der Waals surface area contributed by atoms with Gasteiger partial charge in [-0.1, -0.05) is 0 Å². The molecule has 2 unspecified atom stereocenters. The lowest BCUT2D eigenvalue weighted by atomic mass is 10.0. The van der Waals surface area contributed by atoms with E-state index in [4.69, 9.17) is 0 Å². The maximum atomic E-state index is 10.6. The second-order valence-electron chi connectivity index (χ2n) is 3.56. The Morgan fingerprint density at radius 2 is 1.82 bits per heavy atom. The molecule has 2 aliphatic rings. The summed E-state index contributed by atoms with van der Waals surface area (Å²) in [5.41, 5.74) is 0. The Morgan fingerprint density at radius 1 is 1.27 bits per heavy atom. The fourth-order valence-electron chi connectivity index (χ4n) is 2.36. The van der Waals surface area contributed by atoms with Gasteiger partial charge in [0.05, 0.1) is 6.10 Å². The number of fused-ring (bicyclic) bond motifs is 2. The van der Waals surface area contributed by atoms with Crippen molar-refractivity contribution in [3.63, 3.8) is 0 Å². The predicted octanol–water partition coefficient (Wildman–Crippen LogP) is 0.130. The molecule has 0 aromatic carbocycles. The fraction of sp³-hybridized carbons (Fsp3) is 0.875. The Hall–Kier alpha value is -0.570. The molecule has 2 fully saturated rings. The van der Waals surface area contributed by atoms with Gasteiger partial charge in [0.2, 0.25) is 6.41 Å². The molecule has 1 N–H and O–H groups in total. The van der Waals surface area contributed by atoms with Gasteiger partial charge in [-0.25, -0.2) is 0 Å². The number of rotatable bonds is 1. The van der Waals surface area contributed by atoms with Crippen molar-refractivity contribution in [1.82, 2.24) is 4.90 Å². The van der Waals surface area contributed by atoms with Crippen LogP contribution in [0.25, 0.3) is 0 Å². The fourth-order valence-corrected chi connectivity index (χ4v) is 2.36. The van der Waals surface area contributed by atoms with E-state index in [0.29, 0.717) is 12.1 Å². The smallest absolute Gasteiger partial charge is 0.210 e. The molecule has 0 aliphatic carbocycles. The third-order valence-corrected chi connectivity index (χ3v) is 2.89. The molecule has 0 aromatic rings. The van der Waals surface area contributed by atoms with Crippen molar-refractivity contribution in [2.75, 3.05) is 0 Å². The zero-order valence-electron chi connectivity index (χ0n) is 6.44. The lowest BCUT2D eigenvalue weighted by Crippen LogP contribution is -2.43. The van der Waals surface area contributed by atoms with Crippen LogP contribution in [0.3, 0.4) is 0 Å². The summed E-state index contributed by atoms with van der Waals surface area (Å²) in [5, 5.41) is 9.36. The number of amides is 1. The summed E-state index contributed by atoms with van der Waals surface area (Å²) in [6.07, 6.45) is 4.52. The molecule has 1 amide bonds. The molecule has 3 heteroatoms. The van der Waals surface area contributed by atoms with Gasteiger partial charge in [-0.15, -0.1) is 0 Å². The van der Waals surface area contributed by atoms with Crippen molar-refractivity contribution in [3.8, 4) is 0 Å². The molecule has 3 nitrogen and oxygen atoms in total. The maximum absolute atomic E-state index is 10.6. The largest absolute Gasteiger partial charge is 0.393 e. The van der Waals surface area contributed by atoms with Gasteiger partial charge in [-0.2, -0.15) is 0 Å². The molecule has 0 aromatic heterocycles. The van der Waals surface area contributed by atoms with Crippen LogP contribution in [0.1, 0.15) is 25.7 Å². The van der Waals surface area contributed by atoms with E-state index in [9.17, 15) is 9.90 Å². The molecule has 11 heavy (non-hydrogen) atoms. The van der Waals surface area contributed by atoms with Crippen LogP contribution in [0.15, 0.2) is 0 Å². The lowest BCUT2D eigenvalue weighted by Gasteiger charge is -2.34. The average Bonchev–Trinajstić information content (AvgIpc) is 2.23. The number of hydrogen-bond donors (Lipinski definition) is 1. The minimum absolute atomic E-state index is 0.163. The van der Waals surface area contributed by atoms with E-state index in [2.05, 4.69) is 0 Å². The van der Waals surface area contributed by atoms with Gasteiger partial charge in [0, 0.05) is 12.1 Å². The van der Waals surface area contributed by atoms with Crippen LogP contribution in [-0.4, -0.2) is 34.6 Å². The molecule has 2 heterocycles. The molecule has 62 valence electrons. The summed E-state index contributed by atoms with van der Waals surface area (Å²) in [6.45, 7) is 0. The van der Waals surface area contributed by atoms with Crippen LogP contribution in [0, 0.1) is 0 Å². The number of aliphatic hydroxyl groups is 1. The molecule has 2 rings (SSSR count). The van der Waals surface area contributed by atoms with Crippen molar-refractivity contribution >= 4 is 6.41 Å². The van der Waals surface area contributed by atoms with E-state index in [-0.39, 0.29) is 6.10 Å².